The minimum Gasteiger partial charge on any atom is -0.385 e. The van der Waals surface area contributed by atoms with Crippen molar-refractivity contribution in [2.24, 2.45) is 0 Å². The van der Waals surface area contributed by atoms with E-state index in [4.69, 9.17) is 11.6 Å². The van der Waals surface area contributed by atoms with E-state index in [-0.39, 0.29) is 11.9 Å². The van der Waals surface area contributed by atoms with Crippen LogP contribution in [0, 0.1) is 0 Å². The summed E-state index contributed by atoms with van der Waals surface area (Å²) in [5.41, 5.74) is 0.326. The molecule has 0 saturated carbocycles. The molecule has 1 aliphatic rings. The molecular formula is C15H14ClF3N4O. The van der Waals surface area contributed by atoms with Gasteiger partial charge >= 0.3 is 6.18 Å². The lowest BCUT2D eigenvalue weighted by atomic mass is 10.1. The van der Waals surface area contributed by atoms with Crippen molar-refractivity contribution in [3.05, 3.63) is 40.7 Å². The molecule has 1 aliphatic heterocycles. The largest absolute Gasteiger partial charge is 0.417 e. The van der Waals surface area contributed by atoms with Crippen LogP contribution in [-0.2, 0) is 6.18 Å². The number of nitrogens with zero attached hydrogens (tertiary/aromatic N) is 3. The predicted octanol–water partition coefficient (Wildman–Crippen LogP) is 3.82. The van der Waals surface area contributed by atoms with Crippen molar-refractivity contribution in [3.8, 4) is 0 Å². The number of halogens is 4. The number of benzene rings is 1. The third kappa shape index (κ3) is 2.60. The number of rotatable bonds is 2. The molecule has 1 atom stereocenters. The van der Waals surface area contributed by atoms with Crippen molar-refractivity contribution in [1.82, 2.24) is 9.78 Å². The molecule has 1 N–H and O–H groups in total. The normalized spacial score (nSPS) is 17.8. The summed E-state index contributed by atoms with van der Waals surface area (Å²) in [5.74, 6) is -0.342. The molecule has 9 heteroatoms. The van der Waals surface area contributed by atoms with Crippen LogP contribution >= 0.6 is 11.6 Å². The Bertz CT molecular complexity index is 803. The molecule has 1 amide bonds. The highest BCUT2D eigenvalue weighted by atomic mass is 35.5. The summed E-state index contributed by atoms with van der Waals surface area (Å²) in [7, 11) is 1.67. The molecule has 2 aromatic rings. The fraction of sp³-hybridized carbons (Fsp3) is 0.333. The molecule has 0 aliphatic carbocycles. The van der Waals surface area contributed by atoms with Gasteiger partial charge in [-0.3, -0.25) is 9.48 Å². The zero-order valence-electron chi connectivity index (χ0n) is 12.9. The highest BCUT2D eigenvalue weighted by Gasteiger charge is 2.36. The maximum absolute atomic E-state index is 12.8. The molecule has 1 aromatic heterocycles. The second kappa shape index (κ2) is 5.70. The molecule has 5 nitrogen and oxygen atoms in total. The number of carbonyl (C=O) groups is 1. The number of aromatic nitrogens is 2. The molecule has 0 bridgehead atoms. The summed E-state index contributed by atoms with van der Waals surface area (Å²) < 4.78 is 40.1. The molecule has 3 rings (SSSR count). The average Bonchev–Trinajstić information content (AvgIpc) is 2.94. The number of alkyl halides is 3. The van der Waals surface area contributed by atoms with Crippen molar-refractivity contribution in [2.75, 3.05) is 23.8 Å². The third-order valence-electron chi connectivity index (χ3n) is 3.95. The number of fused-ring (bicyclic) bond motifs is 1. The monoisotopic (exact) mass is 358 g/mol. The molecule has 0 saturated heterocycles. The Kier molecular flexibility index (Phi) is 3.95. The van der Waals surface area contributed by atoms with Gasteiger partial charge in [-0.05, 0) is 25.1 Å². The zero-order valence-corrected chi connectivity index (χ0v) is 13.6. The number of hydrogen-bond acceptors (Lipinski definition) is 3. The lowest BCUT2D eigenvalue weighted by Crippen LogP contribution is -2.42. The SMILES string of the molecule is CNc1cnn2c1C(=O)N(c1ccc(C(F)(F)F)c(Cl)c1)CC2C. The standard InChI is InChI=1S/C15H14ClF3N4O/c1-8-7-22(14(24)13-12(20-2)6-21-23(8)13)9-3-4-10(11(16)5-9)15(17,18)19/h3-6,8,20H,7H2,1-2H3. The Labute approximate surface area is 141 Å². The maximum atomic E-state index is 12.8. The first kappa shape index (κ1) is 16.6. The van der Waals surface area contributed by atoms with E-state index in [9.17, 15) is 18.0 Å². The first-order chi connectivity index (χ1) is 11.2. The fourth-order valence-corrected chi connectivity index (χ4v) is 3.05. The first-order valence-electron chi connectivity index (χ1n) is 7.18. The van der Waals surface area contributed by atoms with Crippen LogP contribution in [0.4, 0.5) is 24.5 Å². The molecule has 0 fully saturated rings. The van der Waals surface area contributed by atoms with E-state index in [1.807, 2.05) is 6.92 Å². The fourth-order valence-electron chi connectivity index (χ4n) is 2.77. The Morgan fingerprint density at radius 2 is 2.08 bits per heavy atom. The van der Waals surface area contributed by atoms with E-state index in [2.05, 4.69) is 10.4 Å². The van der Waals surface area contributed by atoms with E-state index in [0.29, 0.717) is 23.6 Å². The van der Waals surface area contributed by atoms with Crippen molar-refractivity contribution >= 4 is 28.9 Å². The Balaban J connectivity index is 2.02. The highest BCUT2D eigenvalue weighted by molar-refractivity contribution is 6.31. The summed E-state index contributed by atoms with van der Waals surface area (Å²) in [6, 6.07) is 3.19. The van der Waals surface area contributed by atoms with Crippen molar-refractivity contribution in [2.45, 2.75) is 19.1 Å². The second-order valence-corrected chi connectivity index (χ2v) is 5.94. The van der Waals surface area contributed by atoms with E-state index >= 15 is 0 Å². The van der Waals surface area contributed by atoms with Gasteiger partial charge < -0.3 is 10.2 Å². The van der Waals surface area contributed by atoms with Gasteiger partial charge in [0.1, 0.15) is 5.69 Å². The molecule has 0 radical (unpaired) electrons. The third-order valence-corrected chi connectivity index (χ3v) is 4.26. The maximum Gasteiger partial charge on any atom is 0.417 e. The Morgan fingerprint density at radius 3 is 2.67 bits per heavy atom. The molecular weight excluding hydrogens is 345 g/mol. The van der Waals surface area contributed by atoms with Crippen LogP contribution in [0.3, 0.4) is 0 Å². The minimum absolute atomic E-state index is 0.124. The van der Waals surface area contributed by atoms with E-state index in [0.717, 1.165) is 6.07 Å². The van der Waals surface area contributed by atoms with E-state index in [1.165, 1.54) is 17.0 Å². The van der Waals surface area contributed by atoms with Crippen LogP contribution in [0.2, 0.25) is 5.02 Å². The van der Waals surface area contributed by atoms with Crippen LogP contribution in [0.15, 0.2) is 24.4 Å². The van der Waals surface area contributed by atoms with Crippen molar-refractivity contribution in [1.29, 1.82) is 0 Å². The summed E-state index contributed by atoms with van der Waals surface area (Å²) in [5, 5.41) is 6.64. The average molecular weight is 359 g/mol. The molecule has 128 valence electrons. The molecule has 24 heavy (non-hydrogen) atoms. The second-order valence-electron chi connectivity index (χ2n) is 5.53. The quantitative estimate of drug-likeness (QED) is 0.888. The van der Waals surface area contributed by atoms with E-state index in [1.54, 1.807) is 17.9 Å². The van der Waals surface area contributed by atoms with E-state index < -0.39 is 16.8 Å². The van der Waals surface area contributed by atoms with Gasteiger partial charge in [0.2, 0.25) is 0 Å². The predicted molar refractivity (Wildman–Crippen MR) is 84.6 cm³/mol. The lowest BCUT2D eigenvalue weighted by Gasteiger charge is -2.32. The summed E-state index contributed by atoms with van der Waals surface area (Å²) in [6.07, 6.45) is -2.99. The molecule has 2 heterocycles. The first-order valence-corrected chi connectivity index (χ1v) is 7.55. The summed E-state index contributed by atoms with van der Waals surface area (Å²) in [4.78, 5) is 14.2. The summed E-state index contributed by atoms with van der Waals surface area (Å²) in [6.45, 7) is 2.17. The van der Waals surface area contributed by atoms with Crippen LogP contribution in [-0.4, -0.2) is 29.3 Å². The Hall–Kier alpha value is -2.22. The van der Waals surface area contributed by atoms with Crippen LogP contribution in [0.1, 0.15) is 29.0 Å². The number of amides is 1. The van der Waals surface area contributed by atoms with Crippen LogP contribution in [0.5, 0.6) is 0 Å². The number of hydrogen-bond donors (Lipinski definition) is 1. The van der Waals surface area contributed by atoms with Gasteiger partial charge in [0.05, 0.1) is 28.5 Å². The van der Waals surface area contributed by atoms with Crippen LogP contribution < -0.4 is 10.2 Å². The van der Waals surface area contributed by atoms with Gasteiger partial charge in [-0.1, -0.05) is 11.6 Å². The summed E-state index contributed by atoms with van der Waals surface area (Å²) >= 11 is 5.77. The topological polar surface area (TPSA) is 50.2 Å². The van der Waals surface area contributed by atoms with Gasteiger partial charge in [0.25, 0.3) is 5.91 Å². The smallest absolute Gasteiger partial charge is 0.385 e. The molecule has 1 aromatic carbocycles. The molecule has 0 spiro atoms. The van der Waals surface area contributed by atoms with Gasteiger partial charge in [0, 0.05) is 19.3 Å². The van der Waals surface area contributed by atoms with Gasteiger partial charge in [-0.25, -0.2) is 0 Å². The van der Waals surface area contributed by atoms with Crippen LogP contribution in [0.25, 0.3) is 0 Å². The zero-order chi connectivity index (χ0) is 17.6. The lowest BCUT2D eigenvalue weighted by molar-refractivity contribution is -0.137. The van der Waals surface area contributed by atoms with Gasteiger partial charge in [0.15, 0.2) is 0 Å². The molecule has 1 unspecified atom stereocenters. The van der Waals surface area contributed by atoms with Crippen molar-refractivity contribution in [3.63, 3.8) is 0 Å². The van der Waals surface area contributed by atoms with Crippen molar-refractivity contribution < 1.29 is 18.0 Å². The number of nitrogens with one attached hydrogen (secondary N) is 1. The number of anilines is 2. The number of carbonyl (C=O) groups excluding carboxylic acids is 1. The highest BCUT2D eigenvalue weighted by Crippen LogP contribution is 2.38. The Morgan fingerprint density at radius 1 is 1.38 bits per heavy atom. The van der Waals surface area contributed by atoms with Gasteiger partial charge in [-0.15, -0.1) is 0 Å². The van der Waals surface area contributed by atoms with Gasteiger partial charge in [-0.2, -0.15) is 18.3 Å². The minimum atomic E-state index is -4.53.